The Morgan fingerprint density at radius 2 is 2.19 bits per heavy atom. The maximum absolute atomic E-state index is 12.6. The summed E-state index contributed by atoms with van der Waals surface area (Å²) in [7, 11) is 5.68. The topological polar surface area (TPSA) is 71.2 Å². The Labute approximate surface area is 161 Å². The number of hydrogen-bond acceptors (Lipinski definition) is 4. The third-order valence-corrected chi connectivity index (χ3v) is 5.54. The lowest BCUT2D eigenvalue weighted by molar-refractivity contribution is 0.0828. The first-order valence-electron chi connectivity index (χ1n) is 9.64. The van der Waals surface area contributed by atoms with Gasteiger partial charge in [0.1, 0.15) is 0 Å². The third kappa shape index (κ3) is 4.32. The zero-order chi connectivity index (χ0) is 19.6. The molecule has 0 aliphatic carbocycles. The van der Waals surface area contributed by atoms with Gasteiger partial charge in [-0.15, -0.1) is 0 Å². The summed E-state index contributed by atoms with van der Waals surface area (Å²) in [4.78, 5) is 16.9. The second-order valence-electron chi connectivity index (χ2n) is 7.53. The van der Waals surface area contributed by atoms with Crippen LogP contribution in [0.4, 0.5) is 10.6 Å². The number of likely N-dealkylation sites (tertiary alicyclic amines) is 1. The summed E-state index contributed by atoms with van der Waals surface area (Å²) in [5, 5.41) is 11.6. The average Bonchev–Trinajstić information content (AvgIpc) is 3.19. The lowest BCUT2D eigenvalue weighted by Gasteiger charge is -2.41. The molecule has 0 unspecified atom stereocenters. The molecule has 2 aromatic heterocycles. The molecule has 3 rings (SSSR count). The van der Waals surface area contributed by atoms with Gasteiger partial charge in [-0.3, -0.25) is 19.6 Å². The minimum absolute atomic E-state index is 0.119. The summed E-state index contributed by atoms with van der Waals surface area (Å²) >= 11 is 0. The minimum atomic E-state index is -0.119. The first-order chi connectivity index (χ1) is 12.9. The third-order valence-electron chi connectivity index (χ3n) is 5.54. The van der Waals surface area contributed by atoms with Crippen molar-refractivity contribution in [2.45, 2.75) is 32.7 Å². The van der Waals surface area contributed by atoms with Crippen LogP contribution in [0.15, 0.2) is 18.5 Å². The minimum Gasteiger partial charge on any atom is -0.327 e. The van der Waals surface area contributed by atoms with Crippen LogP contribution < -0.4 is 5.32 Å². The van der Waals surface area contributed by atoms with Crippen molar-refractivity contribution in [3.63, 3.8) is 0 Å². The molecule has 3 heterocycles. The zero-order valence-corrected chi connectivity index (χ0v) is 17.0. The molecule has 2 amide bonds. The molecule has 1 fully saturated rings. The van der Waals surface area contributed by atoms with Crippen LogP contribution in [-0.2, 0) is 14.1 Å². The van der Waals surface area contributed by atoms with Crippen molar-refractivity contribution in [3.05, 3.63) is 29.7 Å². The van der Waals surface area contributed by atoms with Crippen LogP contribution in [0.2, 0.25) is 0 Å². The van der Waals surface area contributed by atoms with Crippen LogP contribution >= 0.6 is 0 Å². The van der Waals surface area contributed by atoms with E-state index in [1.807, 2.05) is 45.0 Å². The maximum atomic E-state index is 12.6. The number of aromatic nitrogens is 4. The fourth-order valence-corrected chi connectivity index (χ4v) is 4.03. The van der Waals surface area contributed by atoms with Crippen LogP contribution in [0.5, 0.6) is 0 Å². The highest BCUT2D eigenvalue weighted by atomic mass is 16.2. The van der Waals surface area contributed by atoms with Crippen molar-refractivity contribution >= 4 is 11.8 Å². The van der Waals surface area contributed by atoms with Gasteiger partial charge in [0.05, 0.1) is 6.20 Å². The molecule has 148 valence electrons. The van der Waals surface area contributed by atoms with Gasteiger partial charge in [0.15, 0.2) is 5.82 Å². The largest absolute Gasteiger partial charge is 0.327 e. The van der Waals surface area contributed by atoms with E-state index in [2.05, 4.69) is 33.5 Å². The monoisotopic (exact) mass is 373 g/mol. The number of carbonyl (C=O) groups is 1. The maximum Gasteiger partial charge on any atom is 0.322 e. The van der Waals surface area contributed by atoms with Gasteiger partial charge in [-0.2, -0.15) is 10.2 Å². The summed E-state index contributed by atoms with van der Waals surface area (Å²) in [6, 6.07) is 2.06. The Balaban J connectivity index is 1.70. The van der Waals surface area contributed by atoms with Crippen molar-refractivity contribution in [2.75, 3.05) is 32.0 Å². The van der Waals surface area contributed by atoms with Gasteiger partial charge in [-0.05, 0) is 38.8 Å². The number of rotatable bonds is 5. The van der Waals surface area contributed by atoms with E-state index in [-0.39, 0.29) is 6.03 Å². The summed E-state index contributed by atoms with van der Waals surface area (Å²) in [6.07, 6.45) is 6.32. The molecule has 1 saturated heterocycles. The summed E-state index contributed by atoms with van der Waals surface area (Å²) in [5.41, 5.74) is 2.24. The van der Waals surface area contributed by atoms with E-state index in [9.17, 15) is 4.79 Å². The number of urea groups is 1. The lowest BCUT2D eigenvalue weighted by atomic mass is 9.85. The smallest absolute Gasteiger partial charge is 0.322 e. The second kappa shape index (κ2) is 8.12. The molecule has 8 heteroatoms. The molecule has 8 nitrogen and oxygen atoms in total. The number of aryl methyl sites for hydroxylation is 3. The molecule has 1 aliphatic rings. The molecule has 0 spiro atoms. The van der Waals surface area contributed by atoms with Crippen LogP contribution in [-0.4, -0.2) is 62.1 Å². The molecule has 2 atom stereocenters. The van der Waals surface area contributed by atoms with Gasteiger partial charge in [0.25, 0.3) is 0 Å². The van der Waals surface area contributed by atoms with Crippen LogP contribution in [0.1, 0.15) is 37.1 Å². The van der Waals surface area contributed by atoms with Crippen molar-refractivity contribution in [1.29, 1.82) is 0 Å². The van der Waals surface area contributed by atoms with Gasteiger partial charge < -0.3 is 4.90 Å². The van der Waals surface area contributed by atoms with E-state index in [1.54, 1.807) is 9.58 Å². The van der Waals surface area contributed by atoms with Gasteiger partial charge in [-0.25, -0.2) is 4.79 Å². The second-order valence-corrected chi connectivity index (χ2v) is 7.53. The van der Waals surface area contributed by atoms with Crippen molar-refractivity contribution in [2.24, 2.45) is 20.0 Å². The van der Waals surface area contributed by atoms with E-state index in [4.69, 9.17) is 0 Å². The predicted octanol–water partition coefficient (Wildman–Crippen LogP) is 2.40. The Kier molecular flexibility index (Phi) is 5.84. The van der Waals surface area contributed by atoms with Crippen LogP contribution in [0, 0.1) is 12.8 Å². The molecule has 0 aromatic carbocycles. The number of nitrogens with zero attached hydrogens (tertiary/aromatic N) is 6. The Morgan fingerprint density at radius 3 is 2.78 bits per heavy atom. The summed E-state index contributed by atoms with van der Waals surface area (Å²) < 4.78 is 3.61. The Bertz CT molecular complexity index is 761. The molecule has 0 bridgehead atoms. The number of piperidine rings is 1. The molecule has 1 N–H and O–H groups in total. The average molecular weight is 374 g/mol. The summed E-state index contributed by atoms with van der Waals surface area (Å²) in [5.74, 6) is 0.971. The van der Waals surface area contributed by atoms with Crippen LogP contribution in [0.3, 0.4) is 0 Å². The highest BCUT2D eigenvalue weighted by Crippen LogP contribution is 2.36. The van der Waals surface area contributed by atoms with E-state index in [0.29, 0.717) is 24.3 Å². The summed E-state index contributed by atoms with van der Waals surface area (Å²) in [6.45, 7) is 6.96. The van der Waals surface area contributed by atoms with E-state index >= 15 is 0 Å². The Morgan fingerprint density at radius 1 is 1.41 bits per heavy atom. The van der Waals surface area contributed by atoms with E-state index < -0.39 is 0 Å². The first kappa shape index (κ1) is 19.4. The predicted molar refractivity (Wildman–Crippen MR) is 106 cm³/mol. The number of anilines is 1. The molecule has 2 aromatic rings. The molecular formula is C19H31N7O. The normalized spacial score (nSPS) is 20.6. The Hall–Kier alpha value is -2.35. The molecule has 0 saturated carbocycles. The number of hydrogen-bond donors (Lipinski definition) is 1. The SMILES string of the molecule is CCN1CCC[C@@H](CN(C)C(=O)Nc2cc(C)n(C)n2)[C@@H]1c1cnn(C)c1. The van der Waals surface area contributed by atoms with E-state index in [1.165, 1.54) is 5.56 Å². The molecule has 0 radical (unpaired) electrons. The molecule has 27 heavy (non-hydrogen) atoms. The standard InChI is InChI=1S/C19H31N7O/c1-6-26-9-7-8-15(18(26)16-11-20-24(4)13-16)12-23(3)19(27)21-17-10-14(2)25(5)22-17/h10-11,13,15,18H,6-9,12H2,1-5H3,(H,21,22,27)/t15-,18+/m0/s1. The van der Waals surface area contributed by atoms with Crippen molar-refractivity contribution in [3.8, 4) is 0 Å². The fraction of sp³-hybridized carbons (Fsp3) is 0.632. The quantitative estimate of drug-likeness (QED) is 0.874. The first-order valence-corrected chi connectivity index (χ1v) is 9.64. The zero-order valence-electron chi connectivity index (χ0n) is 17.0. The van der Waals surface area contributed by atoms with Crippen molar-refractivity contribution in [1.82, 2.24) is 29.4 Å². The lowest BCUT2D eigenvalue weighted by Crippen LogP contribution is -2.44. The van der Waals surface area contributed by atoms with Gasteiger partial charge in [0, 0.05) is 57.3 Å². The highest BCUT2D eigenvalue weighted by molar-refractivity contribution is 5.88. The van der Waals surface area contributed by atoms with Crippen molar-refractivity contribution < 1.29 is 4.79 Å². The molecular weight excluding hydrogens is 342 g/mol. The number of amides is 2. The fourth-order valence-electron chi connectivity index (χ4n) is 4.03. The van der Waals surface area contributed by atoms with Gasteiger partial charge >= 0.3 is 6.03 Å². The number of carbonyl (C=O) groups excluding carboxylic acids is 1. The van der Waals surface area contributed by atoms with E-state index in [0.717, 1.165) is 31.6 Å². The molecule has 1 aliphatic heterocycles. The number of nitrogens with one attached hydrogen (secondary N) is 1. The van der Waals surface area contributed by atoms with Gasteiger partial charge in [-0.1, -0.05) is 6.92 Å². The van der Waals surface area contributed by atoms with Gasteiger partial charge in [0.2, 0.25) is 0 Å². The van der Waals surface area contributed by atoms with Crippen LogP contribution in [0.25, 0.3) is 0 Å². The highest BCUT2D eigenvalue weighted by Gasteiger charge is 2.34.